The number of para-hydroxylation sites is 1. The van der Waals surface area contributed by atoms with E-state index < -0.39 is 0 Å². The summed E-state index contributed by atoms with van der Waals surface area (Å²) < 4.78 is 5.97. The minimum absolute atomic E-state index is 0.377. The maximum atomic E-state index is 5.97. The molecule has 88 valence electrons. The van der Waals surface area contributed by atoms with E-state index in [0.717, 1.165) is 23.9 Å². The van der Waals surface area contributed by atoms with Crippen molar-refractivity contribution in [2.45, 2.75) is 32.8 Å². The fraction of sp³-hybridized carbons (Fsp3) is 0.571. The highest BCUT2D eigenvalue weighted by Crippen LogP contribution is 2.32. The zero-order chi connectivity index (χ0) is 11.5. The van der Waals surface area contributed by atoms with Gasteiger partial charge < -0.3 is 4.74 Å². The zero-order valence-electron chi connectivity index (χ0n) is 9.95. The summed E-state index contributed by atoms with van der Waals surface area (Å²) in [5.41, 5.74) is 1.37. The van der Waals surface area contributed by atoms with Gasteiger partial charge in [0.15, 0.2) is 0 Å². The molecule has 0 spiro atoms. The van der Waals surface area contributed by atoms with Gasteiger partial charge in [-0.05, 0) is 29.9 Å². The Labute approximate surface area is 106 Å². The van der Waals surface area contributed by atoms with E-state index in [1.165, 1.54) is 5.56 Å². The molecule has 0 saturated heterocycles. The number of ether oxygens (including phenoxy) is 1. The number of benzene rings is 1. The summed E-state index contributed by atoms with van der Waals surface area (Å²) >= 11 is 3.60. The number of alkyl halides is 1. The van der Waals surface area contributed by atoms with Crippen LogP contribution in [0.5, 0.6) is 5.75 Å². The van der Waals surface area contributed by atoms with Crippen molar-refractivity contribution in [2.75, 3.05) is 5.33 Å². The van der Waals surface area contributed by atoms with Crippen LogP contribution in [0.3, 0.4) is 0 Å². The maximum absolute atomic E-state index is 5.97. The van der Waals surface area contributed by atoms with Crippen LogP contribution in [-0.2, 0) is 6.42 Å². The summed E-state index contributed by atoms with van der Waals surface area (Å²) in [7, 11) is 0. The summed E-state index contributed by atoms with van der Waals surface area (Å²) in [4.78, 5) is 0. The molecule has 2 atom stereocenters. The van der Waals surface area contributed by atoms with E-state index in [9.17, 15) is 0 Å². The number of hydrogen-bond acceptors (Lipinski definition) is 1. The lowest BCUT2D eigenvalue weighted by Crippen LogP contribution is -2.22. The van der Waals surface area contributed by atoms with Gasteiger partial charge >= 0.3 is 0 Å². The smallest absolute Gasteiger partial charge is 0.123 e. The molecule has 0 saturated carbocycles. The molecule has 1 nitrogen and oxygen atoms in total. The number of halogens is 1. The van der Waals surface area contributed by atoms with Crippen molar-refractivity contribution in [2.24, 2.45) is 11.8 Å². The Balaban J connectivity index is 1.96. The van der Waals surface area contributed by atoms with Crippen molar-refractivity contribution >= 4 is 15.9 Å². The van der Waals surface area contributed by atoms with Crippen molar-refractivity contribution in [3.63, 3.8) is 0 Å². The van der Waals surface area contributed by atoms with E-state index in [1.54, 1.807) is 0 Å². The number of rotatable bonds is 4. The molecule has 1 aliphatic heterocycles. The molecule has 1 aromatic rings. The van der Waals surface area contributed by atoms with Gasteiger partial charge in [-0.15, -0.1) is 0 Å². The van der Waals surface area contributed by atoms with Gasteiger partial charge in [-0.2, -0.15) is 0 Å². The minimum atomic E-state index is 0.377. The largest absolute Gasteiger partial charge is 0.490 e. The first-order valence-corrected chi connectivity index (χ1v) is 7.13. The summed E-state index contributed by atoms with van der Waals surface area (Å²) in [6.45, 7) is 4.57. The van der Waals surface area contributed by atoms with Crippen LogP contribution in [0.15, 0.2) is 24.3 Å². The fourth-order valence-electron chi connectivity index (χ4n) is 2.24. The van der Waals surface area contributed by atoms with E-state index in [-0.39, 0.29) is 0 Å². The molecule has 16 heavy (non-hydrogen) atoms. The highest BCUT2D eigenvalue weighted by Gasteiger charge is 2.26. The van der Waals surface area contributed by atoms with Crippen LogP contribution < -0.4 is 4.74 Å². The average Bonchev–Trinajstić information content (AvgIpc) is 2.67. The van der Waals surface area contributed by atoms with Gasteiger partial charge in [0.1, 0.15) is 11.9 Å². The fourth-order valence-corrected chi connectivity index (χ4v) is 3.25. The van der Waals surface area contributed by atoms with Crippen molar-refractivity contribution in [1.29, 1.82) is 0 Å². The summed E-state index contributed by atoms with van der Waals surface area (Å²) in [6.07, 6.45) is 2.60. The van der Waals surface area contributed by atoms with Gasteiger partial charge in [-0.1, -0.05) is 48.0 Å². The SMILES string of the molecule is CC(C)C(CBr)CC1Cc2ccccc2O1. The highest BCUT2D eigenvalue weighted by molar-refractivity contribution is 9.09. The average molecular weight is 283 g/mol. The Kier molecular flexibility index (Phi) is 3.91. The monoisotopic (exact) mass is 282 g/mol. The van der Waals surface area contributed by atoms with Crippen LogP contribution in [0.2, 0.25) is 0 Å². The summed E-state index contributed by atoms with van der Waals surface area (Å²) in [5, 5.41) is 1.07. The molecule has 0 N–H and O–H groups in total. The lowest BCUT2D eigenvalue weighted by Gasteiger charge is -2.21. The maximum Gasteiger partial charge on any atom is 0.123 e. The van der Waals surface area contributed by atoms with Gasteiger partial charge in [0.25, 0.3) is 0 Å². The Morgan fingerprint density at radius 1 is 1.38 bits per heavy atom. The second-order valence-electron chi connectivity index (χ2n) is 4.95. The number of hydrogen-bond donors (Lipinski definition) is 0. The molecule has 1 aromatic carbocycles. The predicted octanol–water partition coefficient (Wildman–Crippen LogP) is 4.05. The first kappa shape index (κ1) is 12.0. The molecule has 2 unspecified atom stereocenters. The minimum Gasteiger partial charge on any atom is -0.490 e. The van der Waals surface area contributed by atoms with Crippen molar-refractivity contribution in [3.8, 4) is 5.75 Å². The quantitative estimate of drug-likeness (QED) is 0.757. The van der Waals surface area contributed by atoms with Crippen LogP contribution >= 0.6 is 15.9 Å². The molecule has 0 bridgehead atoms. The van der Waals surface area contributed by atoms with Crippen LogP contribution in [0.4, 0.5) is 0 Å². The molecular weight excluding hydrogens is 264 g/mol. The van der Waals surface area contributed by atoms with E-state index in [0.29, 0.717) is 17.9 Å². The van der Waals surface area contributed by atoms with Gasteiger partial charge in [-0.25, -0.2) is 0 Å². The van der Waals surface area contributed by atoms with Crippen molar-refractivity contribution < 1.29 is 4.74 Å². The lowest BCUT2D eigenvalue weighted by molar-refractivity contribution is 0.184. The van der Waals surface area contributed by atoms with Gasteiger partial charge in [0.2, 0.25) is 0 Å². The van der Waals surface area contributed by atoms with E-state index in [2.05, 4.69) is 48.0 Å². The second kappa shape index (κ2) is 5.22. The Morgan fingerprint density at radius 2 is 2.12 bits per heavy atom. The molecule has 0 radical (unpaired) electrons. The molecule has 2 heteroatoms. The van der Waals surface area contributed by atoms with Crippen LogP contribution in [-0.4, -0.2) is 11.4 Å². The van der Waals surface area contributed by atoms with Crippen LogP contribution in [0, 0.1) is 11.8 Å². The van der Waals surface area contributed by atoms with E-state index in [1.807, 2.05) is 6.07 Å². The van der Waals surface area contributed by atoms with Crippen LogP contribution in [0.1, 0.15) is 25.8 Å². The first-order valence-electron chi connectivity index (χ1n) is 6.01. The topological polar surface area (TPSA) is 9.23 Å². The molecule has 1 heterocycles. The van der Waals surface area contributed by atoms with Gasteiger partial charge in [0, 0.05) is 11.8 Å². The molecule has 0 aromatic heterocycles. The van der Waals surface area contributed by atoms with E-state index in [4.69, 9.17) is 4.74 Å². The third-order valence-electron chi connectivity index (χ3n) is 3.42. The van der Waals surface area contributed by atoms with Crippen molar-refractivity contribution in [1.82, 2.24) is 0 Å². The lowest BCUT2D eigenvalue weighted by atomic mass is 9.91. The van der Waals surface area contributed by atoms with Crippen LogP contribution in [0.25, 0.3) is 0 Å². The molecule has 0 aliphatic carbocycles. The standard InChI is InChI=1S/C14H19BrO/c1-10(2)12(9-15)8-13-7-11-5-3-4-6-14(11)16-13/h3-6,10,12-13H,7-9H2,1-2H3. The third kappa shape index (κ3) is 2.60. The number of fused-ring (bicyclic) bond motifs is 1. The first-order chi connectivity index (χ1) is 7.70. The zero-order valence-corrected chi connectivity index (χ0v) is 11.5. The van der Waals surface area contributed by atoms with E-state index >= 15 is 0 Å². The van der Waals surface area contributed by atoms with Crippen molar-refractivity contribution in [3.05, 3.63) is 29.8 Å². The Bertz CT molecular complexity index is 323. The van der Waals surface area contributed by atoms with Gasteiger partial charge in [0.05, 0.1) is 0 Å². The summed E-state index contributed by atoms with van der Waals surface area (Å²) in [5.74, 6) is 2.51. The third-order valence-corrected chi connectivity index (χ3v) is 4.25. The predicted molar refractivity (Wildman–Crippen MR) is 71.3 cm³/mol. The Morgan fingerprint density at radius 3 is 2.75 bits per heavy atom. The molecule has 1 aliphatic rings. The molecule has 0 amide bonds. The highest BCUT2D eigenvalue weighted by atomic mass is 79.9. The van der Waals surface area contributed by atoms with Gasteiger partial charge in [-0.3, -0.25) is 0 Å². The molecular formula is C14H19BrO. The molecule has 2 rings (SSSR count). The second-order valence-corrected chi connectivity index (χ2v) is 5.59. The normalized spacial score (nSPS) is 20.6. The summed E-state index contributed by atoms with van der Waals surface area (Å²) in [6, 6.07) is 8.39. The molecule has 0 fully saturated rings. The Hall–Kier alpha value is -0.500.